The van der Waals surface area contributed by atoms with E-state index in [1.165, 1.54) is 6.33 Å². The molecule has 0 aliphatic heterocycles. The van der Waals surface area contributed by atoms with Crippen LogP contribution in [0.4, 0.5) is 10.6 Å². The van der Waals surface area contributed by atoms with Crippen LogP contribution in [-0.4, -0.2) is 23.1 Å². The number of rotatable bonds is 5. The lowest BCUT2D eigenvalue weighted by molar-refractivity contribution is 0.181. The van der Waals surface area contributed by atoms with Crippen molar-refractivity contribution in [3.8, 4) is 0 Å². The number of carbonyl (C=O) groups excluding carboxylic acids is 1. The topological polar surface area (TPSA) is 76.1 Å². The molecule has 0 bridgehead atoms. The molecular weight excluding hydrogens is 304 g/mol. The summed E-state index contributed by atoms with van der Waals surface area (Å²) in [5, 5.41) is 6.12. The van der Waals surface area contributed by atoms with Crippen LogP contribution in [-0.2, 0) is 17.9 Å². The number of anilines is 1. The quantitative estimate of drug-likeness (QED) is 0.888. The first kappa shape index (κ1) is 16.2. The van der Waals surface area contributed by atoms with Crippen molar-refractivity contribution in [3.63, 3.8) is 0 Å². The Morgan fingerprint density at radius 3 is 2.86 bits per heavy atom. The van der Waals surface area contributed by atoms with E-state index in [0.29, 0.717) is 29.7 Å². The van der Waals surface area contributed by atoms with Crippen LogP contribution in [0, 0.1) is 6.92 Å². The van der Waals surface area contributed by atoms with E-state index < -0.39 is 0 Å². The summed E-state index contributed by atoms with van der Waals surface area (Å²) in [6.45, 7) is 2.69. The van der Waals surface area contributed by atoms with Gasteiger partial charge in [-0.1, -0.05) is 23.7 Å². The van der Waals surface area contributed by atoms with E-state index in [0.717, 1.165) is 11.1 Å². The summed E-state index contributed by atoms with van der Waals surface area (Å²) >= 11 is 5.97. The number of urea groups is 1. The molecule has 2 amide bonds. The number of aryl methyl sites for hydroxylation is 1. The van der Waals surface area contributed by atoms with Gasteiger partial charge in [0.05, 0.1) is 12.3 Å². The molecule has 0 atom stereocenters. The fourth-order valence-corrected chi connectivity index (χ4v) is 1.97. The second-order valence-corrected chi connectivity index (χ2v) is 5.13. The molecule has 1 aromatic heterocycles. The zero-order valence-electron chi connectivity index (χ0n) is 12.4. The average molecular weight is 321 g/mol. The molecule has 116 valence electrons. The van der Waals surface area contributed by atoms with Crippen LogP contribution in [0.25, 0.3) is 0 Å². The number of benzene rings is 1. The molecule has 0 saturated carbocycles. The summed E-state index contributed by atoms with van der Waals surface area (Å²) < 4.78 is 4.98. The molecule has 6 nitrogen and oxygen atoms in total. The van der Waals surface area contributed by atoms with E-state index in [1.54, 1.807) is 13.2 Å². The molecule has 0 radical (unpaired) electrons. The molecule has 7 heteroatoms. The minimum Gasteiger partial charge on any atom is -0.378 e. The Balaban J connectivity index is 1.90. The first-order chi connectivity index (χ1) is 10.6. The fraction of sp³-hybridized carbons (Fsp3) is 0.267. The Morgan fingerprint density at radius 1 is 1.32 bits per heavy atom. The second-order valence-electron chi connectivity index (χ2n) is 4.72. The third-order valence-corrected chi connectivity index (χ3v) is 3.36. The Kier molecular flexibility index (Phi) is 5.68. The van der Waals surface area contributed by atoms with Gasteiger partial charge in [-0.05, 0) is 24.1 Å². The highest BCUT2D eigenvalue weighted by molar-refractivity contribution is 6.31. The molecule has 1 aromatic carbocycles. The van der Waals surface area contributed by atoms with E-state index in [1.807, 2.05) is 25.1 Å². The highest BCUT2D eigenvalue weighted by atomic mass is 35.5. The molecule has 0 fully saturated rings. The van der Waals surface area contributed by atoms with Gasteiger partial charge < -0.3 is 10.1 Å². The number of halogens is 1. The number of carbonyl (C=O) groups is 1. The first-order valence-corrected chi connectivity index (χ1v) is 7.06. The minimum atomic E-state index is -0.338. The minimum absolute atomic E-state index is 0.338. The lowest BCUT2D eigenvalue weighted by atomic mass is 10.1. The van der Waals surface area contributed by atoms with Crippen molar-refractivity contribution >= 4 is 23.4 Å². The summed E-state index contributed by atoms with van der Waals surface area (Å²) in [7, 11) is 1.58. The van der Waals surface area contributed by atoms with E-state index in [9.17, 15) is 4.79 Å². The molecule has 2 aromatic rings. The largest absolute Gasteiger partial charge is 0.378 e. The summed E-state index contributed by atoms with van der Waals surface area (Å²) in [5.41, 5.74) is 2.64. The van der Waals surface area contributed by atoms with Crippen LogP contribution in [0.15, 0.2) is 30.6 Å². The summed E-state index contributed by atoms with van der Waals surface area (Å²) in [5.74, 6) is 0.423. The van der Waals surface area contributed by atoms with E-state index >= 15 is 0 Å². The molecule has 0 saturated heterocycles. The third-order valence-electron chi connectivity index (χ3n) is 2.93. The Morgan fingerprint density at radius 2 is 2.14 bits per heavy atom. The van der Waals surface area contributed by atoms with Crippen molar-refractivity contribution in [2.45, 2.75) is 20.1 Å². The number of aromatic nitrogens is 2. The molecule has 0 aliphatic rings. The highest BCUT2D eigenvalue weighted by Crippen LogP contribution is 2.16. The van der Waals surface area contributed by atoms with Crippen LogP contribution >= 0.6 is 11.6 Å². The monoisotopic (exact) mass is 320 g/mol. The Labute approximate surface area is 133 Å². The lowest BCUT2D eigenvalue weighted by Gasteiger charge is -2.09. The van der Waals surface area contributed by atoms with E-state index in [-0.39, 0.29) is 6.03 Å². The van der Waals surface area contributed by atoms with Gasteiger partial charge in [0.25, 0.3) is 0 Å². The fourth-order valence-electron chi connectivity index (χ4n) is 1.85. The van der Waals surface area contributed by atoms with Crippen molar-refractivity contribution in [2.75, 3.05) is 12.4 Å². The smallest absolute Gasteiger partial charge is 0.320 e. The molecule has 0 aliphatic carbocycles. The maximum Gasteiger partial charge on any atom is 0.320 e. The van der Waals surface area contributed by atoms with Gasteiger partial charge in [-0.3, -0.25) is 5.32 Å². The molecule has 0 unspecified atom stereocenters. The SMILES string of the molecule is COCc1cc(NC(=O)NCc2ccc(Cl)c(C)c2)ncn1. The summed E-state index contributed by atoms with van der Waals surface area (Å²) in [6, 6.07) is 6.94. The predicted octanol–water partition coefficient (Wildman–Crippen LogP) is 2.91. The van der Waals surface area contributed by atoms with Crippen molar-refractivity contribution in [1.82, 2.24) is 15.3 Å². The van der Waals surface area contributed by atoms with Gasteiger partial charge >= 0.3 is 6.03 Å². The first-order valence-electron chi connectivity index (χ1n) is 6.68. The zero-order chi connectivity index (χ0) is 15.9. The maximum atomic E-state index is 11.9. The van der Waals surface area contributed by atoms with Crippen molar-refractivity contribution in [2.24, 2.45) is 0 Å². The Bertz CT molecular complexity index is 664. The third kappa shape index (κ3) is 4.68. The molecule has 22 heavy (non-hydrogen) atoms. The molecular formula is C15H17ClN4O2. The zero-order valence-corrected chi connectivity index (χ0v) is 13.1. The molecule has 2 N–H and O–H groups in total. The molecule has 2 rings (SSSR count). The van der Waals surface area contributed by atoms with Gasteiger partial charge in [-0.25, -0.2) is 14.8 Å². The number of methoxy groups -OCH3 is 1. The van der Waals surface area contributed by atoms with Gasteiger partial charge in [-0.15, -0.1) is 0 Å². The van der Waals surface area contributed by atoms with Crippen molar-refractivity contribution < 1.29 is 9.53 Å². The number of hydrogen-bond donors (Lipinski definition) is 2. The standard InChI is InChI=1S/C15H17ClN4O2/c1-10-5-11(3-4-13(10)16)7-17-15(21)20-14-6-12(8-22-2)18-9-19-14/h3-6,9H,7-8H2,1-2H3,(H2,17,18,19,20,21). The number of nitrogens with one attached hydrogen (secondary N) is 2. The number of ether oxygens (including phenoxy) is 1. The van der Waals surface area contributed by atoms with Crippen molar-refractivity contribution in [1.29, 1.82) is 0 Å². The van der Waals surface area contributed by atoms with E-state index in [4.69, 9.17) is 16.3 Å². The average Bonchev–Trinajstić information content (AvgIpc) is 2.49. The van der Waals surface area contributed by atoms with Crippen molar-refractivity contribution in [3.05, 3.63) is 52.4 Å². The van der Waals surface area contributed by atoms with Crippen LogP contribution < -0.4 is 10.6 Å². The Hall–Kier alpha value is -2.18. The van der Waals surface area contributed by atoms with E-state index in [2.05, 4.69) is 20.6 Å². The van der Waals surface area contributed by atoms with Crippen LogP contribution in [0.2, 0.25) is 5.02 Å². The van der Waals surface area contributed by atoms with Gasteiger partial charge in [0.2, 0.25) is 0 Å². The maximum absolute atomic E-state index is 11.9. The van der Waals surface area contributed by atoms with Crippen LogP contribution in [0.5, 0.6) is 0 Å². The van der Waals surface area contributed by atoms with Gasteiger partial charge in [0, 0.05) is 24.7 Å². The number of amides is 2. The normalized spacial score (nSPS) is 10.3. The summed E-state index contributed by atoms with van der Waals surface area (Å²) in [6.07, 6.45) is 1.38. The highest BCUT2D eigenvalue weighted by Gasteiger charge is 2.05. The lowest BCUT2D eigenvalue weighted by Crippen LogP contribution is -2.28. The predicted molar refractivity (Wildman–Crippen MR) is 84.8 cm³/mol. The second kappa shape index (κ2) is 7.72. The summed E-state index contributed by atoms with van der Waals surface area (Å²) in [4.78, 5) is 19.9. The molecule has 1 heterocycles. The van der Waals surface area contributed by atoms with Gasteiger partial charge in [-0.2, -0.15) is 0 Å². The number of hydrogen-bond acceptors (Lipinski definition) is 4. The van der Waals surface area contributed by atoms with Gasteiger partial charge in [0.15, 0.2) is 0 Å². The number of nitrogens with zero attached hydrogens (tertiary/aromatic N) is 2. The van der Waals surface area contributed by atoms with Crippen LogP contribution in [0.1, 0.15) is 16.8 Å². The molecule has 0 spiro atoms. The van der Waals surface area contributed by atoms with Crippen LogP contribution in [0.3, 0.4) is 0 Å². The van der Waals surface area contributed by atoms with Gasteiger partial charge in [0.1, 0.15) is 12.1 Å².